The lowest BCUT2D eigenvalue weighted by Gasteiger charge is -2.16. The Balaban J connectivity index is 3.04. The Bertz CT molecular complexity index is 393. The average molecular weight is 239 g/mol. The van der Waals surface area contributed by atoms with Gasteiger partial charge in [0.05, 0.1) is 18.7 Å². The maximum atomic E-state index is 13.2. The number of rotatable bonds is 6. The van der Waals surface area contributed by atoms with E-state index in [1.54, 1.807) is 0 Å². The first-order valence-electron chi connectivity index (χ1n) is 5.75. The van der Waals surface area contributed by atoms with Crippen molar-refractivity contribution in [3.05, 3.63) is 29.6 Å². The number of hydrogen-bond acceptors (Lipinski definition) is 3. The first kappa shape index (κ1) is 13.6. The molecule has 4 heteroatoms. The molecule has 3 nitrogen and oxygen atoms in total. The molecule has 17 heavy (non-hydrogen) atoms. The molecule has 1 aromatic rings. The van der Waals surface area contributed by atoms with E-state index in [-0.39, 0.29) is 11.8 Å². The first-order chi connectivity index (χ1) is 8.13. The Labute approximate surface area is 101 Å². The molecule has 0 aliphatic rings. The molecule has 94 valence electrons. The first-order valence-corrected chi connectivity index (χ1v) is 5.75. The van der Waals surface area contributed by atoms with Crippen molar-refractivity contribution in [2.75, 3.05) is 13.7 Å². The maximum absolute atomic E-state index is 13.2. The number of halogens is 1. The number of nitrogens with one attached hydrogen (secondary N) is 1. The van der Waals surface area contributed by atoms with Crippen LogP contribution in [0.15, 0.2) is 18.2 Å². The van der Waals surface area contributed by atoms with Gasteiger partial charge in [0.25, 0.3) is 0 Å². The third-order valence-corrected chi connectivity index (χ3v) is 2.60. The van der Waals surface area contributed by atoms with E-state index in [9.17, 15) is 9.18 Å². The summed E-state index contributed by atoms with van der Waals surface area (Å²) in [5.41, 5.74) is 0.292. The standard InChI is InChI=1S/C13H18FNO2/c1-4-11(15-5-2)13(16)10-8-9(14)6-7-12(10)17-3/h6-8,11,15H,4-5H2,1-3H3. The van der Waals surface area contributed by atoms with Gasteiger partial charge in [-0.1, -0.05) is 13.8 Å². The highest BCUT2D eigenvalue weighted by atomic mass is 19.1. The predicted molar refractivity (Wildman–Crippen MR) is 65.0 cm³/mol. The monoisotopic (exact) mass is 239 g/mol. The maximum Gasteiger partial charge on any atom is 0.183 e. The highest BCUT2D eigenvalue weighted by Crippen LogP contribution is 2.21. The molecular weight excluding hydrogens is 221 g/mol. The lowest BCUT2D eigenvalue weighted by Crippen LogP contribution is -2.36. The van der Waals surface area contributed by atoms with Crippen molar-refractivity contribution in [3.8, 4) is 5.75 Å². The largest absolute Gasteiger partial charge is 0.496 e. The summed E-state index contributed by atoms with van der Waals surface area (Å²) < 4.78 is 18.2. The molecule has 0 amide bonds. The highest BCUT2D eigenvalue weighted by Gasteiger charge is 2.21. The molecule has 1 N–H and O–H groups in total. The molecule has 0 aliphatic heterocycles. The van der Waals surface area contributed by atoms with Crippen molar-refractivity contribution in [2.24, 2.45) is 0 Å². The van der Waals surface area contributed by atoms with E-state index in [1.807, 2.05) is 13.8 Å². The van der Waals surface area contributed by atoms with Crippen LogP contribution in [-0.4, -0.2) is 25.5 Å². The van der Waals surface area contributed by atoms with Gasteiger partial charge >= 0.3 is 0 Å². The second kappa shape index (κ2) is 6.35. The number of likely N-dealkylation sites (N-methyl/N-ethyl adjacent to an activating group) is 1. The smallest absolute Gasteiger partial charge is 0.183 e. The van der Waals surface area contributed by atoms with E-state index in [1.165, 1.54) is 25.3 Å². The normalized spacial score (nSPS) is 12.2. The van der Waals surface area contributed by atoms with Crippen LogP contribution in [0.25, 0.3) is 0 Å². The van der Waals surface area contributed by atoms with Crippen LogP contribution >= 0.6 is 0 Å². The Hall–Kier alpha value is -1.42. The zero-order valence-electron chi connectivity index (χ0n) is 10.4. The minimum Gasteiger partial charge on any atom is -0.496 e. The third kappa shape index (κ3) is 3.27. The van der Waals surface area contributed by atoms with Crippen molar-refractivity contribution in [1.29, 1.82) is 0 Å². The molecule has 0 heterocycles. The lowest BCUT2D eigenvalue weighted by molar-refractivity contribution is 0.0938. The molecule has 1 aromatic carbocycles. The number of carbonyl (C=O) groups excluding carboxylic acids is 1. The molecule has 1 rings (SSSR count). The second-order valence-electron chi connectivity index (χ2n) is 3.73. The Morgan fingerprint density at radius 3 is 2.71 bits per heavy atom. The summed E-state index contributed by atoms with van der Waals surface area (Å²) in [6.45, 7) is 4.54. The molecule has 1 atom stereocenters. The van der Waals surface area contributed by atoms with Gasteiger partial charge in [0, 0.05) is 0 Å². The molecule has 0 spiro atoms. The minimum absolute atomic E-state index is 0.134. The summed E-state index contributed by atoms with van der Waals surface area (Å²) in [6.07, 6.45) is 0.659. The molecule has 0 radical (unpaired) electrons. The predicted octanol–water partition coefficient (Wildman–Crippen LogP) is 2.41. The van der Waals surface area contributed by atoms with Gasteiger partial charge in [-0.15, -0.1) is 0 Å². The van der Waals surface area contributed by atoms with Gasteiger partial charge in [-0.3, -0.25) is 4.79 Å². The third-order valence-electron chi connectivity index (χ3n) is 2.60. The van der Waals surface area contributed by atoms with E-state index < -0.39 is 5.82 Å². The zero-order valence-corrected chi connectivity index (χ0v) is 10.4. The van der Waals surface area contributed by atoms with Gasteiger partial charge < -0.3 is 10.1 Å². The van der Waals surface area contributed by atoms with Crippen LogP contribution in [0.3, 0.4) is 0 Å². The second-order valence-corrected chi connectivity index (χ2v) is 3.73. The van der Waals surface area contributed by atoms with Gasteiger partial charge in [-0.2, -0.15) is 0 Å². The van der Waals surface area contributed by atoms with E-state index in [2.05, 4.69) is 5.32 Å². The van der Waals surface area contributed by atoms with E-state index in [4.69, 9.17) is 4.74 Å². The van der Waals surface area contributed by atoms with E-state index >= 15 is 0 Å². The fourth-order valence-corrected chi connectivity index (χ4v) is 1.73. The Morgan fingerprint density at radius 2 is 2.18 bits per heavy atom. The van der Waals surface area contributed by atoms with Crippen LogP contribution < -0.4 is 10.1 Å². The summed E-state index contributed by atoms with van der Waals surface area (Å²) in [7, 11) is 1.47. The Morgan fingerprint density at radius 1 is 1.47 bits per heavy atom. The number of benzene rings is 1. The number of Topliss-reactive ketones (excluding diaryl/α,β-unsaturated/α-hetero) is 1. The van der Waals surface area contributed by atoms with Crippen LogP contribution in [0.5, 0.6) is 5.75 Å². The molecular formula is C13H18FNO2. The van der Waals surface area contributed by atoms with Crippen molar-refractivity contribution in [1.82, 2.24) is 5.32 Å². The van der Waals surface area contributed by atoms with Gasteiger partial charge in [-0.05, 0) is 31.2 Å². The summed E-state index contributed by atoms with van der Waals surface area (Å²) in [5, 5.41) is 3.07. The minimum atomic E-state index is -0.430. The lowest BCUT2D eigenvalue weighted by atomic mass is 10.0. The highest BCUT2D eigenvalue weighted by molar-refractivity contribution is 6.02. The topological polar surface area (TPSA) is 38.3 Å². The summed E-state index contributed by atoms with van der Waals surface area (Å²) in [4.78, 5) is 12.2. The van der Waals surface area contributed by atoms with Crippen molar-refractivity contribution < 1.29 is 13.9 Å². The number of methoxy groups -OCH3 is 1. The van der Waals surface area contributed by atoms with Crippen LogP contribution in [0.4, 0.5) is 4.39 Å². The molecule has 0 fully saturated rings. The van der Waals surface area contributed by atoms with Crippen molar-refractivity contribution in [3.63, 3.8) is 0 Å². The number of ether oxygens (including phenoxy) is 1. The number of hydrogen-bond donors (Lipinski definition) is 1. The SMILES string of the molecule is CCNC(CC)C(=O)c1cc(F)ccc1OC. The van der Waals surface area contributed by atoms with E-state index in [0.29, 0.717) is 24.3 Å². The van der Waals surface area contributed by atoms with Gasteiger partial charge in [-0.25, -0.2) is 4.39 Å². The summed E-state index contributed by atoms with van der Waals surface area (Å²) >= 11 is 0. The fourth-order valence-electron chi connectivity index (χ4n) is 1.73. The van der Waals surface area contributed by atoms with Crippen LogP contribution in [-0.2, 0) is 0 Å². The summed E-state index contributed by atoms with van der Waals surface area (Å²) in [5.74, 6) is -0.154. The number of carbonyl (C=O) groups is 1. The quantitative estimate of drug-likeness (QED) is 0.775. The van der Waals surface area contributed by atoms with E-state index in [0.717, 1.165) is 0 Å². The van der Waals surface area contributed by atoms with Crippen LogP contribution in [0, 0.1) is 5.82 Å². The molecule has 0 saturated carbocycles. The molecule has 0 bridgehead atoms. The molecule has 0 aliphatic carbocycles. The summed E-state index contributed by atoms with van der Waals surface area (Å²) in [6, 6.07) is 3.68. The fraction of sp³-hybridized carbons (Fsp3) is 0.462. The Kier molecular flexibility index (Phi) is 5.10. The molecule has 0 aromatic heterocycles. The van der Waals surface area contributed by atoms with Crippen molar-refractivity contribution >= 4 is 5.78 Å². The molecule has 1 unspecified atom stereocenters. The van der Waals surface area contributed by atoms with Crippen LogP contribution in [0.1, 0.15) is 30.6 Å². The van der Waals surface area contributed by atoms with Crippen molar-refractivity contribution in [2.45, 2.75) is 26.3 Å². The average Bonchev–Trinajstić information content (AvgIpc) is 2.35. The van der Waals surface area contributed by atoms with Gasteiger partial charge in [0.2, 0.25) is 0 Å². The zero-order chi connectivity index (χ0) is 12.8. The molecule has 0 saturated heterocycles. The van der Waals surface area contributed by atoms with Gasteiger partial charge in [0.1, 0.15) is 11.6 Å². The van der Waals surface area contributed by atoms with Crippen LogP contribution in [0.2, 0.25) is 0 Å². The van der Waals surface area contributed by atoms with Gasteiger partial charge in [0.15, 0.2) is 5.78 Å². The number of ketones is 1.